The Morgan fingerprint density at radius 2 is 1.69 bits per heavy atom. The maximum Gasteiger partial charge on any atom is 0.246 e. The number of para-hydroxylation sites is 1. The summed E-state index contributed by atoms with van der Waals surface area (Å²) >= 11 is 0. The third-order valence-electron chi connectivity index (χ3n) is 9.40. The smallest absolute Gasteiger partial charge is 0.246 e. The van der Waals surface area contributed by atoms with Gasteiger partial charge in [0.1, 0.15) is 23.1 Å². The van der Waals surface area contributed by atoms with E-state index in [1.807, 2.05) is 42.5 Å². The molecular weight excluding hydrogens is 534 g/mol. The van der Waals surface area contributed by atoms with E-state index in [0.29, 0.717) is 24.6 Å². The molecule has 42 heavy (non-hydrogen) atoms. The number of benzene rings is 2. The zero-order chi connectivity index (χ0) is 28.7. The first-order valence-electron chi connectivity index (χ1n) is 15.3. The number of rotatable bonds is 8. The molecule has 0 aromatic heterocycles. The third kappa shape index (κ3) is 4.88. The van der Waals surface area contributed by atoms with Crippen molar-refractivity contribution in [1.82, 2.24) is 10.2 Å². The monoisotopic (exact) mass is 571 g/mol. The second-order valence-corrected chi connectivity index (χ2v) is 12.1. The zero-order valence-corrected chi connectivity index (χ0v) is 23.6. The van der Waals surface area contributed by atoms with Crippen molar-refractivity contribution in [3.05, 3.63) is 66.7 Å². The standard InChI is InChI=1S/C33H37N3O6/c37-30(34-22-13-15-24(16-14-22)41-23-10-5-2-6-11-23)27-26-17-18-33(42-26)28(27)32(39)36(20-25-12-7-19-40-25)29(33)31(38)35-21-8-3-1-4-9-21/h2,5-6,10-11,13-18,21,25-29H,1,3-4,7-9,12,19-20H2,(H,34,37)(H,35,38)/t25?,26-,27?,28-,29?,33?/m1/s1. The first-order valence-corrected chi connectivity index (χ1v) is 15.3. The number of hydrogen-bond acceptors (Lipinski definition) is 6. The lowest BCUT2D eigenvalue weighted by atomic mass is 9.74. The van der Waals surface area contributed by atoms with Gasteiger partial charge in [-0.2, -0.15) is 0 Å². The van der Waals surface area contributed by atoms with Crippen molar-refractivity contribution in [3.8, 4) is 11.5 Å². The molecule has 1 spiro atoms. The lowest BCUT2D eigenvalue weighted by Crippen LogP contribution is -2.57. The van der Waals surface area contributed by atoms with E-state index in [1.54, 1.807) is 29.2 Å². The number of carbonyl (C=O) groups is 3. The molecule has 1 saturated carbocycles. The summed E-state index contributed by atoms with van der Waals surface area (Å²) < 4.78 is 18.2. The topological polar surface area (TPSA) is 106 Å². The minimum absolute atomic E-state index is 0.0944. The molecule has 2 N–H and O–H groups in total. The highest BCUT2D eigenvalue weighted by Crippen LogP contribution is 2.55. The summed E-state index contributed by atoms with van der Waals surface area (Å²) in [5, 5.41) is 6.22. The number of fused-ring (bicyclic) bond motifs is 1. The molecular formula is C33H37N3O6. The molecule has 3 saturated heterocycles. The Labute approximate surface area is 245 Å². The first-order chi connectivity index (χ1) is 20.5. The third-order valence-corrected chi connectivity index (χ3v) is 9.40. The number of likely N-dealkylation sites (tertiary alicyclic amines) is 1. The number of anilines is 1. The Morgan fingerprint density at radius 1 is 0.929 bits per heavy atom. The Hall–Kier alpha value is -3.69. The average Bonchev–Trinajstić information content (AvgIpc) is 3.78. The number of hydrogen-bond donors (Lipinski definition) is 2. The molecule has 4 unspecified atom stereocenters. The lowest BCUT2D eigenvalue weighted by Gasteiger charge is -2.34. The van der Waals surface area contributed by atoms with Gasteiger partial charge in [0.2, 0.25) is 17.7 Å². The molecule has 9 heteroatoms. The van der Waals surface area contributed by atoms with Gasteiger partial charge in [-0.1, -0.05) is 49.6 Å². The van der Waals surface area contributed by atoms with Gasteiger partial charge in [0.05, 0.1) is 24.0 Å². The zero-order valence-electron chi connectivity index (χ0n) is 23.6. The Balaban J connectivity index is 1.11. The van der Waals surface area contributed by atoms with Crippen LogP contribution >= 0.6 is 0 Å². The van der Waals surface area contributed by atoms with Gasteiger partial charge in [-0.15, -0.1) is 0 Å². The van der Waals surface area contributed by atoms with Gasteiger partial charge in [0, 0.05) is 24.9 Å². The van der Waals surface area contributed by atoms with Crippen LogP contribution in [0.3, 0.4) is 0 Å². The van der Waals surface area contributed by atoms with Crippen molar-refractivity contribution >= 4 is 23.4 Å². The maximum absolute atomic E-state index is 14.1. The van der Waals surface area contributed by atoms with Gasteiger partial charge in [-0.05, 0) is 62.1 Å². The second-order valence-electron chi connectivity index (χ2n) is 12.1. The van der Waals surface area contributed by atoms with E-state index in [2.05, 4.69) is 10.6 Å². The highest BCUT2D eigenvalue weighted by molar-refractivity contribution is 6.02. The normalized spacial score (nSPS) is 31.8. The van der Waals surface area contributed by atoms with Crippen LogP contribution < -0.4 is 15.4 Å². The summed E-state index contributed by atoms with van der Waals surface area (Å²) in [6.07, 6.45) is 10.0. The molecule has 2 aromatic carbocycles. The van der Waals surface area contributed by atoms with Crippen molar-refractivity contribution in [2.45, 2.75) is 74.8 Å². The van der Waals surface area contributed by atoms with E-state index >= 15 is 0 Å². The van der Waals surface area contributed by atoms with E-state index in [0.717, 1.165) is 44.3 Å². The van der Waals surface area contributed by atoms with Gasteiger partial charge in [-0.25, -0.2) is 0 Å². The number of amides is 3. The maximum atomic E-state index is 14.1. The molecule has 5 aliphatic rings. The molecule has 9 nitrogen and oxygen atoms in total. The predicted molar refractivity (Wildman–Crippen MR) is 155 cm³/mol. The van der Waals surface area contributed by atoms with E-state index < -0.39 is 29.6 Å². The minimum atomic E-state index is -1.17. The molecule has 7 rings (SSSR count). The fraction of sp³-hybridized carbons (Fsp3) is 0.485. The van der Waals surface area contributed by atoms with Crippen molar-refractivity contribution in [2.75, 3.05) is 18.5 Å². The van der Waals surface area contributed by atoms with Crippen LogP contribution in [0, 0.1) is 11.8 Å². The molecule has 4 aliphatic heterocycles. The lowest BCUT2D eigenvalue weighted by molar-refractivity contribution is -0.143. The van der Waals surface area contributed by atoms with Crippen molar-refractivity contribution in [1.29, 1.82) is 0 Å². The highest BCUT2D eigenvalue weighted by Gasteiger charge is 2.73. The SMILES string of the molecule is O=C(Nc1ccc(Oc2ccccc2)cc1)C1[C@H]2C=CC3(O2)C(C(=O)NC2CCCCC2)N(CC2CCCO2)C(=O)[C@@H]13. The van der Waals surface area contributed by atoms with Crippen LogP contribution in [0.15, 0.2) is 66.7 Å². The number of nitrogens with one attached hydrogen (secondary N) is 2. The average molecular weight is 572 g/mol. The van der Waals surface area contributed by atoms with Crippen molar-refractivity contribution in [2.24, 2.45) is 11.8 Å². The van der Waals surface area contributed by atoms with Crippen molar-refractivity contribution < 1.29 is 28.6 Å². The van der Waals surface area contributed by atoms with Gasteiger partial charge in [0.15, 0.2) is 0 Å². The summed E-state index contributed by atoms with van der Waals surface area (Å²) in [7, 11) is 0. The minimum Gasteiger partial charge on any atom is -0.457 e. The van der Waals surface area contributed by atoms with E-state index in [-0.39, 0.29) is 29.9 Å². The molecule has 3 amide bonds. The van der Waals surface area contributed by atoms with Gasteiger partial charge < -0.3 is 29.7 Å². The summed E-state index contributed by atoms with van der Waals surface area (Å²) in [4.78, 5) is 43.5. The van der Waals surface area contributed by atoms with E-state index in [4.69, 9.17) is 14.2 Å². The molecule has 4 heterocycles. The van der Waals surface area contributed by atoms with Crippen LogP contribution in [0.5, 0.6) is 11.5 Å². The predicted octanol–water partition coefficient (Wildman–Crippen LogP) is 4.20. The number of nitrogens with zero attached hydrogens (tertiary/aromatic N) is 1. The fourth-order valence-electron chi connectivity index (χ4n) is 7.46. The van der Waals surface area contributed by atoms with Crippen LogP contribution in [0.1, 0.15) is 44.9 Å². The van der Waals surface area contributed by atoms with Crippen LogP contribution in [-0.2, 0) is 23.9 Å². The van der Waals surface area contributed by atoms with Crippen molar-refractivity contribution in [3.63, 3.8) is 0 Å². The second kappa shape index (κ2) is 11.2. The van der Waals surface area contributed by atoms with Crippen LogP contribution in [0.4, 0.5) is 5.69 Å². The fourth-order valence-corrected chi connectivity index (χ4v) is 7.46. The molecule has 4 fully saturated rings. The van der Waals surface area contributed by atoms with Gasteiger partial charge in [0.25, 0.3) is 0 Å². The van der Waals surface area contributed by atoms with Gasteiger partial charge >= 0.3 is 0 Å². The largest absolute Gasteiger partial charge is 0.457 e. The molecule has 2 bridgehead atoms. The number of ether oxygens (including phenoxy) is 3. The molecule has 1 aliphatic carbocycles. The summed E-state index contributed by atoms with van der Waals surface area (Å²) in [5.41, 5.74) is -0.580. The summed E-state index contributed by atoms with van der Waals surface area (Å²) in [6.45, 7) is 0.970. The molecule has 220 valence electrons. The highest BCUT2D eigenvalue weighted by atomic mass is 16.5. The van der Waals surface area contributed by atoms with Gasteiger partial charge in [-0.3, -0.25) is 14.4 Å². The van der Waals surface area contributed by atoms with Crippen LogP contribution in [0.2, 0.25) is 0 Å². The van der Waals surface area contributed by atoms with E-state index in [1.165, 1.54) is 6.42 Å². The Kier molecular flexibility index (Phi) is 7.23. The first kappa shape index (κ1) is 27.2. The Morgan fingerprint density at radius 3 is 2.43 bits per heavy atom. The molecule has 0 radical (unpaired) electrons. The summed E-state index contributed by atoms with van der Waals surface area (Å²) in [6, 6.07) is 15.9. The van der Waals surface area contributed by atoms with Crippen LogP contribution in [-0.4, -0.2) is 65.7 Å². The molecule has 2 aromatic rings. The summed E-state index contributed by atoms with van der Waals surface area (Å²) in [5.74, 6) is -0.874. The van der Waals surface area contributed by atoms with Crippen LogP contribution in [0.25, 0.3) is 0 Å². The quantitative estimate of drug-likeness (QED) is 0.461. The molecule has 6 atom stereocenters. The Bertz CT molecular complexity index is 1350. The number of carbonyl (C=O) groups excluding carboxylic acids is 3. The van der Waals surface area contributed by atoms with E-state index in [9.17, 15) is 14.4 Å².